The number of rotatable bonds is 4. The van der Waals surface area contributed by atoms with Crippen molar-refractivity contribution < 1.29 is 0 Å². The standard InChI is InChI=1S/C50H32N2/c1-2-10-33(11-3-1)37-19-18-35-21-25-42(30-40(35)28-37)52-48-17-9-7-15-44(48)46-32-39(23-27-50(46)52)38-22-26-49-45(31-38)43-14-6-8-16-47(43)51(49)41-24-20-34-12-4-5-13-36(34)29-41/h1-32H. The number of aromatic nitrogens is 2. The van der Waals surface area contributed by atoms with E-state index in [-0.39, 0.29) is 0 Å². The molecule has 0 unspecified atom stereocenters. The molecule has 0 aliphatic carbocycles. The second-order valence-electron chi connectivity index (χ2n) is 13.8. The lowest BCUT2D eigenvalue weighted by Gasteiger charge is -2.11. The second-order valence-corrected chi connectivity index (χ2v) is 13.8. The summed E-state index contributed by atoms with van der Waals surface area (Å²) in [7, 11) is 0. The highest BCUT2D eigenvalue weighted by atomic mass is 15.0. The summed E-state index contributed by atoms with van der Waals surface area (Å²) in [6.07, 6.45) is 0. The molecule has 242 valence electrons. The summed E-state index contributed by atoms with van der Waals surface area (Å²) in [5.41, 5.74) is 12.1. The molecule has 9 aromatic carbocycles. The Bertz CT molecular complexity index is 3180. The van der Waals surface area contributed by atoms with Gasteiger partial charge in [-0.25, -0.2) is 0 Å². The molecule has 0 spiro atoms. The average Bonchev–Trinajstić information content (AvgIpc) is 3.73. The van der Waals surface area contributed by atoms with E-state index in [9.17, 15) is 0 Å². The Kier molecular flexibility index (Phi) is 6.28. The molecule has 2 heterocycles. The summed E-state index contributed by atoms with van der Waals surface area (Å²) in [4.78, 5) is 0. The van der Waals surface area contributed by atoms with Crippen molar-refractivity contribution in [3.8, 4) is 33.6 Å². The van der Waals surface area contributed by atoms with E-state index >= 15 is 0 Å². The summed E-state index contributed by atoms with van der Waals surface area (Å²) >= 11 is 0. The van der Waals surface area contributed by atoms with Crippen LogP contribution in [0.3, 0.4) is 0 Å². The zero-order valence-electron chi connectivity index (χ0n) is 28.4. The van der Waals surface area contributed by atoms with Crippen molar-refractivity contribution in [3.05, 3.63) is 194 Å². The number of nitrogens with zero attached hydrogens (tertiary/aromatic N) is 2. The molecule has 2 heteroatoms. The lowest BCUT2D eigenvalue weighted by Crippen LogP contribution is -1.94. The first-order valence-corrected chi connectivity index (χ1v) is 17.9. The van der Waals surface area contributed by atoms with Crippen molar-refractivity contribution in [2.24, 2.45) is 0 Å². The van der Waals surface area contributed by atoms with Gasteiger partial charge in [0.15, 0.2) is 0 Å². The van der Waals surface area contributed by atoms with Crippen molar-refractivity contribution >= 4 is 65.2 Å². The fourth-order valence-corrected chi connectivity index (χ4v) is 8.36. The number of fused-ring (bicyclic) bond motifs is 8. The van der Waals surface area contributed by atoms with Crippen LogP contribution >= 0.6 is 0 Å². The topological polar surface area (TPSA) is 9.86 Å². The highest BCUT2D eigenvalue weighted by Gasteiger charge is 2.16. The minimum absolute atomic E-state index is 1.17. The first kappa shape index (κ1) is 28.9. The van der Waals surface area contributed by atoms with Gasteiger partial charge in [-0.1, -0.05) is 127 Å². The molecular weight excluding hydrogens is 629 g/mol. The number of benzene rings is 9. The minimum atomic E-state index is 1.17. The molecule has 0 amide bonds. The van der Waals surface area contributed by atoms with Crippen LogP contribution in [0, 0.1) is 0 Å². The summed E-state index contributed by atoms with van der Waals surface area (Å²) in [6, 6.07) is 71.1. The number of hydrogen-bond acceptors (Lipinski definition) is 0. The molecule has 11 rings (SSSR count). The molecule has 0 saturated carbocycles. The maximum absolute atomic E-state index is 2.42. The average molecular weight is 661 g/mol. The lowest BCUT2D eigenvalue weighted by atomic mass is 10.0. The van der Waals surface area contributed by atoms with Gasteiger partial charge in [-0.2, -0.15) is 0 Å². The Morgan fingerprint density at radius 2 is 0.673 bits per heavy atom. The van der Waals surface area contributed by atoms with Crippen LogP contribution in [0.15, 0.2) is 194 Å². The molecule has 2 aromatic heterocycles. The van der Waals surface area contributed by atoms with Gasteiger partial charge in [0.2, 0.25) is 0 Å². The zero-order valence-corrected chi connectivity index (χ0v) is 28.4. The Labute approximate surface area is 301 Å². The van der Waals surface area contributed by atoms with E-state index in [1.807, 2.05) is 0 Å². The van der Waals surface area contributed by atoms with Gasteiger partial charge in [0.05, 0.1) is 22.1 Å². The highest BCUT2D eigenvalue weighted by molar-refractivity contribution is 6.13. The SMILES string of the molecule is c1ccc(-c2ccc3ccc(-n4c5ccccc5c5cc(-c6ccc7c(c6)c6ccccc6n7-c6ccc7ccccc7c6)ccc54)cc3c2)cc1. The van der Waals surface area contributed by atoms with Gasteiger partial charge < -0.3 is 9.13 Å². The Morgan fingerprint density at radius 1 is 0.231 bits per heavy atom. The number of hydrogen-bond donors (Lipinski definition) is 0. The van der Waals surface area contributed by atoms with Crippen molar-refractivity contribution in [3.63, 3.8) is 0 Å². The van der Waals surface area contributed by atoms with Crippen LogP contribution in [0.4, 0.5) is 0 Å². The molecule has 0 bridgehead atoms. The molecule has 0 atom stereocenters. The van der Waals surface area contributed by atoms with E-state index in [1.165, 1.54) is 98.8 Å². The summed E-state index contributed by atoms with van der Waals surface area (Å²) in [6.45, 7) is 0. The molecule has 0 radical (unpaired) electrons. The molecule has 0 saturated heterocycles. The van der Waals surface area contributed by atoms with Crippen LogP contribution < -0.4 is 0 Å². The van der Waals surface area contributed by atoms with Gasteiger partial charge in [-0.15, -0.1) is 0 Å². The van der Waals surface area contributed by atoms with Crippen LogP contribution in [-0.2, 0) is 0 Å². The molecule has 0 N–H and O–H groups in total. The lowest BCUT2D eigenvalue weighted by molar-refractivity contribution is 1.18. The highest BCUT2D eigenvalue weighted by Crippen LogP contribution is 2.39. The van der Waals surface area contributed by atoms with Gasteiger partial charge in [0.1, 0.15) is 0 Å². The van der Waals surface area contributed by atoms with E-state index in [0.717, 1.165) is 0 Å². The summed E-state index contributed by atoms with van der Waals surface area (Å²) in [5, 5.41) is 10.0. The molecule has 11 aromatic rings. The van der Waals surface area contributed by atoms with Crippen molar-refractivity contribution in [1.29, 1.82) is 0 Å². The van der Waals surface area contributed by atoms with E-state index in [1.54, 1.807) is 0 Å². The van der Waals surface area contributed by atoms with Gasteiger partial charge in [-0.3, -0.25) is 0 Å². The van der Waals surface area contributed by atoms with Crippen LogP contribution in [0.25, 0.3) is 98.8 Å². The summed E-state index contributed by atoms with van der Waals surface area (Å²) < 4.78 is 4.83. The third kappa shape index (κ3) is 4.44. The maximum Gasteiger partial charge on any atom is 0.0541 e. The Balaban J connectivity index is 1.06. The van der Waals surface area contributed by atoms with E-state index in [4.69, 9.17) is 0 Å². The molecule has 0 aliphatic heterocycles. The second kappa shape index (κ2) is 11.3. The normalized spacial score (nSPS) is 11.8. The molecule has 52 heavy (non-hydrogen) atoms. The van der Waals surface area contributed by atoms with Crippen molar-refractivity contribution in [2.45, 2.75) is 0 Å². The van der Waals surface area contributed by atoms with Crippen LogP contribution in [0.2, 0.25) is 0 Å². The monoisotopic (exact) mass is 660 g/mol. The van der Waals surface area contributed by atoms with E-state index in [0.29, 0.717) is 0 Å². The molecule has 2 nitrogen and oxygen atoms in total. The molecule has 0 aliphatic rings. The van der Waals surface area contributed by atoms with E-state index in [2.05, 4.69) is 203 Å². The van der Waals surface area contributed by atoms with Crippen molar-refractivity contribution in [1.82, 2.24) is 9.13 Å². The van der Waals surface area contributed by atoms with Crippen LogP contribution in [0.1, 0.15) is 0 Å². The van der Waals surface area contributed by atoms with Gasteiger partial charge in [-0.05, 0) is 111 Å². The van der Waals surface area contributed by atoms with Crippen LogP contribution in [0.5, 0.6) is 0 Å². The first-order valence-electron chi connectivity index (χ1n) is 17.9. The quantitative estimate of drug-likeness (QED) is 0.178. The predicted octanol–water partition coefficient (Wildman–Crippen LogP) is 13.5. The fraction of sp³-hybridized carbons (Fsp3) is 0. The third-order valence-corrected chi connectivity index (χ3v) is 10.9. The first-order chi connectivity index (χ1) is 25.8. The van der Waals surface area contributed by atoms with E-state index < -0.39 is 0 Å². The van der Waals surface area contributed by atoms with Gasteiger partial charge in [0.25, 0.3) is 0 Å². The van der Waals surface area contributed by atoms with Crippen molar-refractivity contribution in [2.75, 3.05) is 0 Å². The van der Waals surface area contributed by atoms with Crippen LogP contribution in [-0.4, -0.2) is 9.13 Å². The smallest absolute Gasteiger partial charge is 0.0541 e. The molecule has 0 fully saturated rings. The maximum atomic E-state index is 2.42. The third-order valence-electron chi connectivity index (χ3n) is 10.9. The Morgan fingerprint density at radius 3 is 1.31 bits per heavy atom. The summed E-state index contributed by atoms with van der Waals surface area (Å²) in [5.74, 6) is 0. The Hall–Kier alpha value is -6.90. The largest absolute Gasteiger partial charge is 0.309 e. The molecular formula is C50H32N2. The fourth-order valence-electron chi connectivity index (χ4n) is 8.36. The number of para-hydroxylation sites is 2. The van der Waals surface area contributed by atoms with Gasteiger partial charge >= 0.3 is 0 Å². The predicted molar refractivity (Wildman–Crippen MR) is 221 cm³/mol. The zero-order chi connectivity index (χ0) is 34.2. The van der Waals surface area contributed by atoms with Gasteiger partial charge in [0, 0.05) is 32.9 Å². The minimum Gasteiger partial charge on any atom is -0.309 e.